The van der Waals surface area contributed by atoms with Crippen LogP contribution in [0, 0.1) is 11.6 Å². The van der Waals surface area contributed by atoms with Gasteiger partial charge in [0.25, 0.3) is 0 Å². The summed E-state index contributed by atoms with van der Waals surface area (Å²) in [4.78, 5) is 27.9. The van der Waals surface area contributed by atoms with Crippen molar-refractivity contribution in [3.05, 3.63) is 102 Å². The van der Waals surface area contributed by atoms with E-state index in [0.717, 1.165) is 18.1 Å². The number of benzene rings is 3. The van der Waals surface area contributed by atoms with Gasteiger partial charge in [0, 0.05) is 29.3 Å². The lowest BCUT2D eigenvalue weighted by molar-refractivity contribution is -0.122. The SMILES string of the molecule is CCCNC(=O)CN1C(=O)CSC(c2ccc(F)cc2F)c2c(-c3ccccc3)nn(-c3ccccc3)c21. The molecule has 2 amide bonds. The highest BCUT2D eigenvalue weighted by atomic mass is 32.2. The normalized spacial score (nSPS) is 15.2. The number of halogens is 2. The summed E-state index contributed by atoms with van der Waals surface area (Å²) < 4.78 is 30.7. The molecule has 4 aromatic rings. The number of hydrogen-bond acceptors (Lipinski definition) is 4. The minimum Gasteiger partial charge on any atom is -0.355 e. The molecule has 3 aromatic carbocycles. The third kappa shape index (κ3) is 5.06. The number of thioether (sulfide) groups is 1. The van der Waals surface area contributed by atoms with E-state index in [2.05, 4.69) is 5.32 Å². The molecule has 1 unspecified atom stereocenters. The molecule has 2 heterocycles. The van der Waals surface area contributed by atoms with E-state index in [1.165, 1.54) is 28.8 Å². The van der Waals surface area contributed by atoms with Gasteiger partial charge in [-0.05, 0) is 24.6 Å². The Morgan fingerprint density at radius 3 is 2.45 bits per heavy atom. The second kappa shape index (κ2) is 11.2. The van der Waals surface area contributed by atoms with Crippen molar-refractivity contribution in [1.29, 1.82) is 0 Å². The number of rotatable bonds is 7. The van der Waals surface area contributed by atoms with Gasteiger partial charge >= 0.3 is 0 Å². The first-order valence-corrected chi connectivity index (χ1v) is 13.4. The van der Waals surface area contributed by atoms with Crippen LogP contribution in [0.15, 0.2) is 78.9 Å². The van der Waals surface area contributed by atoms with Crippen molar-refractivity contribution in [2.75, 3.05) is 23.7 Å². The van der Waals surface area contributed by atoms with Crippen LogP contribution in [-0.2, 0) is 9.59 Å². The molecule has 0 aliphatic carbocycles. The van der Waals surface area contributed by atoms with Crippen LogP contribution in [0.1, 0.15) is 29.7 Å². The molecule has 1 aliphatic rings. The molecule has 1 atom stereocenters. The molecule has 6 nitrogen and oxygen atoms in total. The Kier molecular flexibility index (Phi) is 7.55. The largest absolute Gasteiger partial charge is 0.355 e. The lowest BCUT2D eigenvalue weighted by Crippen LogP contribution is -2.42. The maximum Gasteiger partial charge on any atom is 0.240 e. The van der Waals surface area contributed by atoms with E-state index in [1.807, 2.05) is 67.6 Å². The topological polar surface area (TPSA) is 67.2 Å². The maximum atomic E-state index is 15.2. The van der Waals surface area contributed by atoms with E-state index in [1.54, 1.807) is 4.68 Å². The van der Waals surface area contributed by atoms with E-state index < -0.39 is 16.9 Å². The van der Waals surface area contributed by atoms with E-state index >= 15 is 4.39 Å². The predicted molar refractivity (Wildman–Crippen MR) is 145 cm³/mol. The standard InChI is InChI=1S/C29H26F2N4O2S/c1-2-15-32-24(36)17-34-25(37)18-38-28(22-14-13-20(30)16-23(22)31)26-27(19-9-5-3-6-10-19)33-35(29(26)34)21-11-7-4-8-12-21/h3-14,16,28H,2,15,17-18H2,1H3,(H,32,36). The number of nitrogens with zero attached hydrogens (tertiary/aromatic N) is 3. The van der Waals surface area contributed by atoms with Crippen molar-refractivity contribution in [1.82, 2.24) is 15.1 Å². The molecule has 0 saturated heterocycles. The number of carbonyl (C=O) groups is 2. The number of nitrogens with one attached hydrogen (secondary N) is 1. The second-order valence-corrected chi connectivity index (χ2v) is 9.98. The molecule has 1 aliphatic heterocycles. The van der Waals surface area contributed by atoms with Crippen LogP contribution >= 0.6 is 11.8 Å². The summed E-state index contributed by atoms with van der Waals surface area (Å²) in [5.74, 6) is -1.60. The molecule has 194 valence electrons. The average Bonchev–Trinajstić information content (AvgIpc) is 3.26. The molecule has 9 heteroatoms. The van der Waals surface area contributed by atoms with Gasteiger partial charge in [0.1, 0.15) is 24.0 Å². The van der Waals surface area contributed by atoms with Gasteiger partial charge in [-0.1, -0.05) is 61.5 Å². The Labute approximate surface area is 223 Å². The Balaban J connectivity index is 1.79. The summed E-state index contributed by atoms with van der Waals surface area (Å²) >= 11 is 1.24. The van der Waals surface area contributed by atoms with Gasteiger partial charge in [-0.3, -0.25) is 14.5 Å². The molecular weight excluding hydrogens is 506 g/mol. The van der Waals surface area contributed by atoms with E-state index in [9.17, 15) is 14.0 Å². The van der Waals surface area contributed by atoms with Gasteiger partial charge in [0.2, 0.25) is 11.8 Å². The van der Waals surface area contributed by atoms with E-state index in [0.29, 0.717) is 29.3 Å². The van der Waals surface area contributed by atoms with E-state index in [4.69, 9.17) is 5.10 Å². The fourth-order valence-corrected chi connectivity index (χ4v) is 5.72. The molecule has 0 bridgehead atoms. The Bertz CT molecular complexity index is 1460. The predicted octanol–water partition coefficient (Wildman–Crippen LogP) is 5.51. The second-order valence-electron chi connectivity index (χ2n) is 8.89. The highest BCUT2D eigenvalue weighted by Crippen LogP contribution is 2.49. The number of hydrogen-bond donors (Lipinski definition) is 1. The molecule has 1 N–H and O–H groups in total. The third-order valence-corrected chi connectivity index (χ3v) is 7.49. The van der Waals surface area contributed by atoms with Crippen molar-refractivity contribution in [3.8, 4) is 16.9 Å². The van der Waals surface area contributed by atoms with Crippen LogP contribution < -0.4 is 10.2 Å². The molecule has 0 spiro atoms. The molecule has 1 aromatic heterocycles. The van der Waals surface area contributed by atoms with Gasteiger partial charge in [0.05, 0.1) is 22.4 Å². The van der Waals surface area contributed by atoms with E-state index in [-0.39, 0.29) is 29.7 Å². The van der Waals surface area contributed by atoms with Crippen molar-refractivity contribution < 1.29 is 18.4 Å². The van der Waals surface area contributed by atoms with Gasteiger partial charge < -0.3 is 5.32 Å². The van der Waals surface area contributed by atoms with Crippen LogP contribution in [0.25, 0.3) is 16.9 Å². The van der Waals surface area contributed by atoms with Crippen LogP contribution in [0.3, 0.4) is 0 Å². The smallest absolute Gasteiger partial charge is 0.240 e. The number of amides is 2. The monoisotopic (exact) mass is 532 g/mol. The van der Waals surface area contributed by atoms with Crippen molar-refractivity contribution in [2.45, 2.75) is 18.6 Å². The van der Waals surface area contributed by atoms with Gasteiger partial charge in [-0.25, -0.2) is 13.5 Å². The summed E-state index contributed by atoms with van der Waals surface area (Å²) in [6.45, 7) is 2.22. The molecule has 5 rings (SSSR count). The summed E-state index contributed by atoms with van der Waals surface area (Å²) in [6.07, 6.45) is 0.757. The molecule has 38 heavy (non-hydrogen) atoms. The van der Waals surface area contributed by atoms with Crippen LogP contribution in [0.4, 0.5) is 14.6 Å². The average molecular weight is 533 g/mol. The lowest BCUT2D eigenvalue weighted by atomic mass is 9.99. The summed E-state index contributed by atoms with van der Waals surface area (Å²) in [5, 5.41) is 7.09. The van der Waals surface area contributed by atoms with Crippen molar-refractivity contribution >= 4 is 29.4 Å². The zero-order valence-electron chi connectivity index (χ0n) is 20.7. The first kappa shape index (κ1) is 25.7. The molecule has 0 saturated carbocycles. The first-order chi connectivity index (χ1) is 18.5. The first-order valence-electron chi connectivity index (χ1n) is 12.3. The van der Waals surface area contributed by atoms with Crippen molar-refractivity contribution in [2.24, 2.45) is 0 Å². The molecule has 0 fully saturated rings. The zero-order valence-corrected chi connectivity index (χ0v) is 21.6. The third-order valence-electron chi connectivity index (χ3n) is 6.26. The number of para-hydroxylation sites is 1. The van der Waals surface area contributed by atoms with Crippen LogP contribution in [0.5, 0.6) is 0 Å². The highest BCUT2D eigenvalue weighted by Gasteiger charge is 2.38. The Hall–Kier alpha value is -3.98. The minimum atomic E-state index is -0.707. The minimum absolute atomic E-state index is 0.000238. The van der Waals surface area contributed by atoms with Gasteiger partial charge in [-0.15, -0.1) is 11.8 Å². The van der Waals surface area contributed by atoms with Crippen LogP contribution in [0.2, 0.25) is 0 Å². The lowest BCUT2D eigenvalue weighted by Gasteiger charge is -2.23. The zero-order chi connectivity index (χ0) is 26.6. The van der Waals surface area contributed by atoms with Gasteiger partial charge in [-0.2, -0.15) is 5.10 Å². The highest BCUT2D eigenvalue weighted by molar-refractivity contribution is 8.00. The Morgan fingerprint density at radius 2 is 1.76 bits per heavy atom. The fourth-order valence-electron chi connectivity index (χ4n) is 4.50. The molecular formula is C29H26F2N4O2S. The number of carbonyl (C=O) groups excluding carboxylic acids is 2. The number of aromatic nitrogens is 2. The summed E-state index contributed by atoms with van der Waals surface area (Å²) in [5.41, 5.74) is 2.84. The Morgan fingerprint density at radius 1 is 1.05 bits per heavy atom. The quantitative estimate of drug-likeness (QED) is 0.341. The maximum absolute atomic E-state index is 15.2. The summed E-state index contributed by atoms with van der Waals surface area (Å²) in [6, 6.07) is 22.2. The van der Waals surface area contributed by atoms with Crippen LogP contribution in [-0.4, -0.2) is 40.4 Å². The molecule has 0 radical (unpaired) electrons. The van der Waals surface area contributed by atoms with Gasteiger partial charge in [0.15, 0.2) is 0 Å². The number of fused-ring (bicyclic) bond motifs is 1. The fraction of sp³-hybridized carbons (Fsp3) is 0.207. The summed E-state index contributed by atoms with van der Waals surface area (Å²) in [7, 11) is 0. The number of anilines is 1. The van der Waals surface area contributed by atoms with Crippen molar-refractivity contribution in [3.63, 3.8) is 0 Å².